The molecule has 16 rings (SSSR count). The predicted octanol–water partition coefficient (Wildman–Crippen LogP) is 14.3. The van der Waals surface area contributed by atoms with E-state index in [9.17, 15) is 92.4 Å². The third-order valence-corrected chi connectivity index (χ3v) is 21.6. The second kappa shape index (κ2) is 44.4. The summed E-state index contributed by atoms with van der Waals surface area (Å²) < 4.78 is 183. The quantitative estimate of drug-likeness (QED) is 0.0188. The van der Waals surface area contributed by atoms with E-state index in [2.05, 4.69) is 81.2 Å². The largest absolute Gasteiger partial charge is 0.573 e. The van der Waals surface area contributed by atoms with E-state index in [4.69, 9.17) is 61.5 Å². The van der Waals surface area contributed by atoms with E-state index in [0.29, 0.717) is 123 Å². The van der Waals surface area contributed by atoms with Crippen LogP contribution in [0.15, 0.2) is 226 Å². The van der Waals surface area contributed by atoms with Gasteiger partial charge in [0.2, 0.25) is 0 Å². The number of aliphatic hydroxyl groups is 3. The molecule has 13 N–H and O–H groups in total. The molecule has 0 radical (unpaired) electrons. The van der Waals surface area contributed by atoms with Gasteiger partial charge in [-0.05, 0) is 158 Å². The van der Waals surface area contributed by atoms with Crippen molar-refractivity contribution in [1.82, 2.24) is 34.9 Å². The van der Waals surface area contributed by atoms with Crippen LogP contribution < -0.4 is 77.0 Å². The molecule has 4 fully saturated rings. The number of pyridine rings is 7. The number of ether oxygens (including phenoxy) is 6. The number of hydrogen-bond acceptors (Lipinski definition) is 28. The SMILES string of the molecule is CO[C@H]1CN(c2ncc(C(=O)Nc3ccc(OC(F)(F)Cl)cc3)cc2-c2cncc(F)c2)C[C@@H]1N.CO[C@H]1CN(c2ncc(C(=O)Nc3ccc(OC(F)(F)F)cc3)cc2-c2cncc(F)c2)C[C@@H]1N.N#Cc1ccncc1-c1cc(C(=O)Nc2ccc(OC(F)(F)Cl)cc2)cnc1N1C[C@H](O)[C@@H](O)C1.N[C@H]1CN(c2ccc(C(=O)Nc3ccc(OC(F)(F)Cl)cc3)cc2-c2cncc(F)c2)C[C@@H]1O. The number of nitrogens with zero attached hydrogens (tertiary/aromatic N) is 12. The number of methoxy groups -OCH3 is 2. The summed E-state index contributed by atoms with van der Waals surface area (Å²) in [6.07, 6.45) is 6.70. The van der Waals surface area contributed by atoms with Crippen LogP contribution in [0.1, 0.15) is 47.0 Å². The Labute approximate surface area is 797 Å². The molecule has 0 spiro atoms. The van der Waals surface area contributed by atoms with Gasteiger partial charge >= 0.3 is 23.1 Å². The lowest BCUT2D eigenvalue weighted by Gasteiger charge is -2.22. The van der Waals surface area contributed by atoms with Crippen LogP contribution in [-0.4, -0.2) is 212 Å². The van der Waals surface area contributed by atoms with Gasteiger partial charge in [-0.1, -0.05) is 0 Å². The Hall–Kier alpha value is -14.4. The van der Waals surface area contributed by atoms with Gasteiger partial charge in [-0.25, -0.2) is 28.1 Å². The Bertz CT molecular complexity index is 6200. The van der Waals surface area contributed by atoms with Gasteiger partial charge in [0.25, 0.3) is 23.6 Å². The number of nitrogens with two attached hydrogens (primary N) is 3. The van der Waals surface area contributed by atoms with Gasteiger partial charge in [-0.3, -0.25) is 39.1 Å². The van der Waals surface area contributed by atoms with Crippen LogP contribution in [-0.2, 0) is 9.47 Å². The van der Waals surface area contributed by atoms with Crippen molar-refractivity contribution in [2.75, 3.05) is 107 Å². The fourth-order valence-electron chi connectivity index (χ4n) is 14.9. The standard InChI is InChI=1S/C23H21ClF3N5O3.C23H20ClF3N4O3.C23H18ClF2N5O4.C23H21F4N5O3/c1-34-20-12-32(11-19(20)28)21-18(13-6-15(25)10-29-8-13)7-14(9-30-21)22(33)31-16-2-4-17(5-3-16)35-23(24,26)27;24-23(26,27)34-17-4-2-16(3-5-17)30-22(33)13-1-6-20(31-11-19(28)21(32)12-31)18(8-13)14-7-15(25)10-29-9-14;24-23(25,26)35-16-3-1-15(2-4-16)30-22(34)14-7-17(18-10-28-6-5-13(18)8-27)21(29-9-14)31-11-19(32)20(33)12-31;1-34-20-12-32(11-19(20)28)21-18(13-6-15(24)10-29-8-13)7-14(9-30-21)22(33)31-16-2-4-17(5-3-16)35-23(25,26)27/h2-10,19-20H,11-12,28H2,1H3,(H,31,33);1-10,19,21,32H,11-12,28H2,(H,30,33);1-7,9-10,19-20,32-33H,11-12H2,(H,30,34);2-10,19-20H,11-12,28H2,1H3,(H,31,33)/t19-,20-;19-,21-;2*19-,20-/m0000/s1. The van der Waals surface area contributed by atoms with Gasteiger partial charge in [0, 0.05) is 236 Å². The number of carbonyl (C=O) groups excluding carboxylic acids is 4. The lowest BCUT2D eigenvalue weighted by atomic mass is 10.0. The average molecular weight is 1990 g/mol. The number of amides is 4. The van der Waals surface area contributed by atoms with Crippen LogP contribution in [0.3, 0.4) is 0 Å². The smallest absolute Gasteiger partial charge is 0.420 e. The molecule has 0 bridgehead atoms. The Morgan fingerprint density at radius 2 is 0.712 bits per heavy atom. The molecule has 0 saturated carbocycles. The van der Waals surface area contributed by atoms with Gasteiger partial charge in [0.05, 0.1) is 89.5 Å². The van der Waals surface area contributed by atoms with Crippen LogP contribution in [0.25, 0.3) is 44.5 Å². The van der Waals surface area contributed by atoms with Crippen molar-refractivity contribution in [3.05, 3.63) is 271 Å². The number of hydrogen-bond donors (Lipinski definition) is 10. The molecule has 4 saturated heterocycles. The van der Waals surface area contributed by atoms with E-state index in [0.717, 1.165) is 30.7 Å². The number of benzene rings is 5. The molecular formula is C92H80Cl3F12N19O13. The lowest BCUT2D eigenvalue weighted by molar-refractivity contribution is -0.274. The summed E-state index contributed by atoms with van der Waals surface area (Å²) in [6, 6.07) is 36.4. The maximum Gasteiger partial charge on any atom is 0.573 e. The Morgan fingerprint density at radius 1 is 0.381 bits per heavy atom. The van der Waals surface area contributed by atoms with Gasteiger partial charge in [-0.15, -0.1) is 39.5 Å². The first-order valence-corrected chi connectivity index (χ1v) is 42.5. The highest BCUT2D eigenvalue weighted by Gasteiger charge is 2.39. The highest BCUT2D eigenvalue weighted by Crippen LogP contribution is 2.41. The number of nitriles is 1. The summed E-state index contributed by atoms with van der Waals surface area (Å²) >= 11 is 14.2. The Morgan fingerprint density at radius 3 is 1.05 bits per heavy atom. The van der Waals surface area contributed by atoms with Crippen LogP contribution >= 0.6 is 34.8 Å². The lowest BCUT2D eigenvalue weighted by Crippen LogP contribution is -2.34. The molecule has 7 aromatic heterocycles. The van der Waals surface area contributed by atoms with Crippen LogP contribution in [0, 0.1) is 28.8 Å². The fourth-order valence-corrected chi connectivity index (χ4v) is 15.1. The topological polar surface area (TPSA) is 438 Å². The minimum Gasteiger partial charge on any atom is -0.420 e. The van der Waals surface area contributed by atoms with Crippen LogP contribution in [0.5, 0.6) is 23.0 Å². The van der Waals surface area contributed by atoms with Crippen molar-refractivity contribution in [1.29, 1.82) is 5.26 Å². The first-order valence-electron chi connectivity index (χ1n) is 41.4. The monoisotopic (exact) mass is 1990 g/mol. The summed E-state index contributed by atoms with van der Waals surface area (Å²) in [5.74, 6) is -3.34. The van der Waals surface area contributed by atoms with E-state index < -0.39 is 94.2 Å². The van der Waals surface area contributed by atoms with Crippen LogP contribution in [0.4, 0.5) is 98.6 Å². The molecule has 4 amide bonds. The minimum atomic E-state index is -4.82. The maximum absolute atomic E-state index is 13.9. The summed E-state index contributed by atoms with van der Waals surface area (Å²) in [7, 11) is 3.14. The van der Waals surface area contributed by atoms with Gasteiger partial charge in [0.15, 0.2) is 0 Å². The molecule has 5 aromatic carbocycles. The number of anilines is 8. The second-order valence-electron chi connectivity index (χ2n) is 31.2. The number of aromatic nitrogens is 7. The van der Waals surface area contributed by atoms with Gasteiger partial charge < -0.3 is 102 Å². The predicted molar refractivity (Wildman–Crippen MR) is 488 cm³/mol. The summed E-state index contributed by atoms with van der Waals surface area (Å²) in [5.41, 5.74) is 13.2. The van der Waals surface area contributed by atoms with E-state index in [1.165, 1.54) is 165 Å². The molecule has 726 valence electrons. The van der Waals surface area contributed by atoms with Crippen molar-refractivity contribution < 1.29 is 116 Å². The number of rotatable bonds is 25. The molecular weight excluding hydrogens is 1910 g/mol. The highest BCUT2D eigenvalue weighted by molar-refractivity contribution is 6.21. The molecule has 11 heterocycles. The van der Waals surface area contributed by atoms with Crippen molar-refractivity contribution in [3.63, 3.8) is 0 Å². The molecule has 4 aliphatic rings. The zero-order valence-corrected chi connectivity index (χ0v) is 74.6. The van der Waals surface area contributed by atoms with Crippen molar-refractivity contribution in [3.8, 4) is 73.6 Å². The minimum absolute atomic E-state index is 0.116. The molecule has 8 atom stereocenters. The van der Waals surface area contributed by atoms with E-state index in [1.54, 1.807) is 49.5 Å². The van der Waals surface area contributed by atoms with E-state index in [1.807, 2.05) is 14.7 Å². The first-order chi connectivity index (χ1) is 66.0. The number of β-amino-alcohol motifs (C(OH)–C–C–N with tert-alkyl or cyclic N) is 3. The van der Waals surface area contributed by atoms with Crippen molar-refractivity contribution in [2.24, 2.45) is 17.2 Å². The number of halogens is 15. The zero-order valence-electron chi connectivity index (χ0n) is 72.3. The molecule has 12 aromatic rings. The van der Waals surface area contributed by atoms with Crippen LogP contribution in [0.2, 0.25) is 0 Å². The van der Waals surface area contributed by atoms with E-state index in [-0.39, 0.29) is 89.1 Å². The zero-order chi connectivity index (χ0) is 100.0. The van der Waals surface area contributed by atoms with Crippen molar-refractivity contribution in [2.45, 2.75) is 71.7 Å². The summed E-state index contributed by atoms with van der Waals surface area (Å²) in [6.45, 7) is 2.74. The normalized spacial score (nSPS) is 17.9. The third kappa shape index (κ3) is 27.8. The van der Waals surface area contributed by atoms with E-state index >= 15 is 0 Å². The number of carbonyl (C=O) groups is 4. The number of nitrogens with one attached hydrogen (secondary N) is 4. The number of aliphatic hydroxyl groups excluding tert-OH is 3. The molecule has 32 nitrogen and oxygen atoms in total. The Balaban J connectivity index is 0.000000156. The fraction of sp³-hybridized carbons (Fsp3) is 0.239. The molecule has 4 aliphatic heterocycles. The Kier molecular flexibility index (Phi) is 32.6. The molecule has 139 heavy (non-hydrogen) atoms. The van der Waals surface area contributed by atoms with Gasteiger partial charge in [-0.2, -0.15) is 5.26 Å². The second-order valence-corrected chi connectivity index (χ2v) is 32.5. The third-order valence-electron chi connectivity index (χ3n) is 21.4. The molecule has 0 unspecified atom stereocenters. The number of alkyl halides is 12. The maximum atomic E-state index is 13.9. The highest BCUT2D eigenvalue weighted by atomic mass is 35.5. The average Bonchev–Trinajstić information content (AvgIpc) is 1.78. The molecule has 47 heteroatoms. The first kappa shape index (κ1) is 102. The molecule has 0 aliphatic carbocycles. The van der Waals surface area contributed by atoms with Crippen molar-refractivity contribution >= 4 is 104 Å². The van der Waals surface area contributed by atoms with Gasteiger partial charge in [0.1, 0.15) is 57.9 Å². The summed E-state index contributed by atoms with van der Waals surface area (Å²) in [4.78, 5) is 87.9. The summed E-state index contributed by atoms with van der Waals surface area (Å²) in [5, 5.41) is 50.1.